The maximum Gasteiger partial charge on any atom is 0.110 e. The van der Waals surface area contributed by atoms with Crippen LogP contribution in [0.1, 0.15) is 30.9 Å². The first-order valence-electron chi connectivity index (χ1n) is 4.65. The maximum absolute atomic E-state index is 6.13. The summed E-state index contributed by atoms with van der Waals surface area (Å²) < 4.78 is 0.898. The first-order chi connectivity index (χ1) is 6.29. The second-order valence-electron chi connectivity index (χ2n) is 3.60. The molecule has 2 nitrogen and oxygen atoms in total. The fourth-order valence-electron chi connectivity index (χ4n) is 1.70. The highest BCUT2D eigenvalue weighted by atomic mass is 79.9. The summed E-state index contributed by atoms with van der Waals surface area (Å²) in [5, 5.41) is 0. The van der Waals surface area contributed by atoms with Crippen LogP contribution in [0.3, 0.4) is 0 Å². The molecule has 1 aromatic heterocycles. The first-order valence-corrected chi connectivity index (χ1v) is 5.44. The zero-order valence-electron chi connectivity index (χ0n) is 7.41. The second kappa shape index (κ2) is 3.76. The number of rotatable bonds is 2. The van der Waals surface area contributed by atoms with Crippen molar-refractivity contribution in [2.75, 3.05) is 0 Å². The molecule has 1 atom stereocenters. The lowest BCUT2D eigenvalue weighted by Gasteiger charge is -2.31. The van der Waals surface area contributed by atoms with Crippen molar-refractivity contribution in [3.8, 4) is 0 Å². The van der Waals surface area contributed by atoms with Crippen molar-refractivity contribution in [3.63, 3.8) is 0 Å². The van der Waals surface area contributed by atoms with E-state index >= 15 is 0 Å². The Bertz CT molecular complexity index is 297. The van der Waals surface area contributed by atoms with Crippen molar-refractivity contribution < 1.29 is 0 Å². The Balaban J connectivity index is 2.18. The van der Waals surface area contributed by atoms with E-state index < -0.39 is 0 Å². The Morgan fingerprint density at radius 1 is 1.54 bits per heavy atom. The van der Waals surface area contributed by atoms with Gasteiger partial charge >= 0.3 is 0 Å². The third-order valence-corrected chi connectivity index (χ3v) is 3.47. The highest BCUT2D eigenvalue weighted by Crippen LogP contribution is 2.37. The van der Waals surface area contributed by atoms with Gasteiger partial charge in [-0.1, -0.05) is 12.5 Å². The lowest BCUT2D eigenvalue weighted by Crippen LogP contribution is -2.27. The molecule has 1 saturated carbocycles. The van der Waals surface area contributed by atoms with Crippen LogP contribution in [-0.2, 0) is 0 Å². The smallest absolute Gasteiger partial charge is 0.110 e. The van der Waals surface area contributed by atoms with Crippen LogP contribution in [-0.4, -0.2) is 4.98 Å². The SMILES string of the molecule is N[C@H](c1cccnc1Br)C1CCC1. The standard InChI is InChI=1S/C10H13BrN2/c11-10-8(5-2-6-13-10)9(12)7-3-1-4-7/h2,5-7,9H,1,3-4,12H2/t9-/m0/s1. The molecule has 2 N–H and O–H groups in total. The average Bonchev–Trinajstić information content (AvgIpc) is 2.01. The van der Waals surface area contributed by atoms with Crippen molar-refractivity contribution in [2.24, 2.45) is 11.7 Å². The van der Waals surface area contributed by atoms with Crippen LogP contribution in [0.15, 0.2) is 22.9 Å². The van der Waals surface area contributed by atoms with Gasteiger partial charge in [0.2, 0.25) is 0 Å². The number of hydrogen-bond donors (Lipinski definition) is 1. The summed E-state index contributed by atoms with van der Waals surface area (Å²) in [5.74, 6) is 0.667. The molecule has 0 radical (unpaired) electrons. The number of halogens is 1. The van der Waals surface area contributed by atoms with Gasteiger partial charge in [0.1, 0.15) is 4.60 Å². The Labute approximate surface area is 86.7 Å². The summed E-state index contributed by atoms with van der Waals surface area (Å²) in [6, 6.07) is 4.16. The van der Waals surface area contributed by atoms with Crippen molar-refractivity contribution in [3.05, 3.63) is 28.5 Å². The van der Waals surface area contributed by atoms with Gasteiger partial charge in [0.15, 0.2) is 0 Å². The monoisotopic (exact) mass is 240 g/mol. The van der Waals surface area contributed by atoms with Gasteiger partial charge < -0.3 is 5.73 Å². The molecule has 1 heterocycles. The molecule has 1 aliphatic rings. The van der Waals surface area contributed by atoms with Gasteiger partial charge in [-0.3, -0.25) is 0 Å². The molecule has 13 heavy (non-hydrogen) atoms. The fourth-order valence-corrected chi connectivity index (χ4v) is 2.21. The van der Waals surface area contributed by atoms with E-state index in [1.165, 1.54) is 19.3 Å². The van der Waals surface area contributed by atoms with Gasteiger partial charge in [0, 0.05) is 17.8 Å². The van der Waals surface area contributed by atoms with Gasteiger partial charge in [-0.15, -0.1) is 0 Å². The molecule has 0 saturated heterocycles. The lowest BCUT2D eigenvalue weighted by atomic mass is 9.78. The summed E-state index contributed by atoms with van der Waals surface area (Å²) in [4.78, 5) is 4.18. The van der Waals surface area contributed by atoms with Crippen molar-refractivity contribution in [1.82, 2.24) is 4.98 Å². The predicted molar refractivity (Wildman–Crippen MR) is 56.2 cm³/mol. The molecule has 1 fully saturated rings. The number of aromatic nitrogens is 1. The molecule has 0 aromatic carbocycles. The van der Waals surface area contributed by atoms with Gasteiger partial charge in [-0.2, -0.15) is 0 Å². The van der Waals surface area contributed by atoms with E-state index in [-0.39, 0.29) is 6.04 Å². The summed E-state index contributed by atoms with van der Waals surface area (Å²) in [6.07, 6.45) is 5.64. The van der Waals surface area contributed by atoms with E-state index in [1.807, 2.05) is 6.07 Å². The van der Waals surface area contributed by atoms with Crippen LogP contribution >= 0.6 is 15.9 Å². The van der Waals surface area contributed by atoms with Crippen molar-refractivity contribution >= 4 is 15.9 Å². The largest absolute Gasteiger partial charge is 0.324 e. The van der Waals surface area contributed by atoms with Crippen LogP contribution in [0, 0.1) is 5.92 Å². The number of hydrogen-bond acceptors (Lipinski definition) is 2. The molecule has 0 unspecified atom stereocenters. The number of nitrogens with zero attached hydrogens (tertiary/aromatic N) is 1. The minimum absolute atomic E-state index is 0.164. The Hall–Kier alpha value is -0.410. The van der Waals surface area contributed by atoms with E-state index in [4.69, 9.17) is 5.73 Å². The molecule has 70 valence electrons. The van der Waals surface area contributed by atoms with Gasteiger partial charge in [0.05, 0.1) is 0 Å². The molecular weight excluding hydrogens is 228 g/mol. The van der Waals surface area contributed by atoms with Crippen LogP contribution < -0.4 is 5.73 Å². The minimum atomic E-state index is 0.164. The van der Waals surface area contributed by atoms with E-state index in [0.717, 1.165) is 10.2 Å². The zero-order valence-corrected chi connectivity index (χ0v) is 9.00. The normalized spacial score (nSPS) is 19.5. The van der Waals surface area contributed by atoms with Gasteiger partial charge in [-0.05, 0) is 40.8 Å². The molecule has 1 aliphatic carbocycles. The van der Waals surface area contributed by atoms with E-state index in [0.29, 0.717) is 5.92 Å². The Morgan fingerprint density at radius 2 is 2.31 bits per heavy atom. The third kappa shape index (κ3) is 1.76. The lowest BCUT2D eigenvalue weighted by molar-refractivity contribution is 0.263. The van der Waals surface area contributed by atoms with Gasteiger partial charge in [-0.25, -0.2) is 4.98 Å². The number of pyridine rings is 1. The molecular formula is C10H13BrN2. The summed E-state index contributed by atoms with van der Waals surface area (Å²) >= 11 is 3.43. The minimum Gasteiger partial charge on any atom is -0.324 e. The van der Waals surface area contributed by atoms with E-state index in [2.05, 4.69) is 27.0 Å². The van der Waals surface area contributed by atoms with Crippen LogP contribution in [0.25, 0.3) is 0 Å². The summed E-state index contributed by atoms with van der Waals surface area (Å²) in [6.45, 7) is 0. The Kier molecular flexibility index (Phi) is 2.65. The highest BCUT2D eigenvalue weighted by Gasteiger charge is 2.26. The summed E-state index contributed by atoms with van der Waals surface area (Å²) in [7, 11) is 0. The molecule has 1 aromatic rings. The predicted octanol–water partition coefficient (Wildman–Crippen LogP) is 2.64. The van der Waals surface area contributed by atoms with Crippen molar-refractivity contribution in [2.45, 2.75) is 25.3 Å². The van der Waals surface area contributed by atoms with Crippen LogP contribution in [0.5, 0.6) is 0 Å². The second-order valence-corrected chi connectivity index (χ2v) is 4.35. The van der Waals surface area contributed by atoms with Gasteiger partial charge in [0.25, 0.3) is 0 Å². The molecule has 0 aliphatic heterocycles. The molecule has 3 heteroatoms. The first kappa shape index (κ1) is 9.16. The quantitative estimate of drug-likeness (QED) is 0.808. The highest BCUT2D eigenvalue weighted by molar-refractivity contribution is 9.10. The topological polar surface area (TPSA) is 38.9 Å². The molecule has 2 rings (SSSR count). The zero-order chi connectivity index (χ0) is 9.26. The summed E-state index contributed by atoms with van der Waals surface area (Å²) in [5.41, 5.74) is 7.28. The van der Waals surface area contributed by atoms with Crippen LogP contribution in [0.4, 0.5) is 0 Å². The van der Waals surface area contributed by atoms with E-state index in [9.17, 15) is 0 Å². The number of nitrogens with two attached hydrogens (primary N) is 1. The molecule has 0 spiro atoms. The average molecular weight is 241 g/mol. The maximum atomic E-state index is 6.13. The van der Waals surface area contributed by atoms with Crippen molar-refractivity contribution in [1.29, 1.82) is 0 Å². The van der Waals surface area contributed by atoms with E-state index in [1.54, 1.807) is 6.20 Å². The molecule has 0 bridgehead atoms. The van der Waals surface area contributed by atoms with Crippen LogP contribution in [0.2, 0.25) is 0 Å². The fraction of sp³-hybridized carbons (Fsp3) is 0.500. The molecule has 0 amide bonds. The Morgan fingerprint density at radius 3 is 2.85 bits per heavy atom. The third-order valence-electron chi connectivity index (χ3n) is 2.80.